The van der Waals surface area contributed by atoms with Crippen LogP contribution in [0.15, 0.2) is 16.5 Å². The Hall–Kier alpha value is -1.75. The van der Waals surface area contributed by atoms with Gasteiger partial charge in [0.1, 0.15) is 11.5 Å². The number of fused-ring (bicyclic) bond motifs is 1. The lowest BCUT2D eigenvalue weighted by Gasteiger charge is -2.15. The zero-order valence-corrected chi connectivity index (χ0v) is 12.8. The molecule has 0 atom stereocenters. The number of hydrogen-bond acceptors (Lipinski definition) is 3. The first-order valence-electron chi connectivity index (χ1n) is 7.79. The van der Waals surface area contributed by atoms with Crippen LogP contribution >= 0.6 is 0 Å². The third kappa shape index (κ3) is 2.83. The van der Waals surface area contributed by atoms with Gasteiger partial charge in [-0.05, 0) is 39.8 Å². The predicted octanol–water partition coefficient (Wildman–Crippen LogP) is 2.39. The van der Waals surface area contributed by atoms with Gasteiger partial charge in [-0.15, -0.1) is 0 Å². The highest BCUT2D eigenvalue weighted by Crippen LogP contribution is 2.23. The second-order valence-corrected chi connectivity index (χ2v) is 5.69. The molecule has 1 saturated heterocycles. The van der Waals surface area contributed by atoms with E-state index >= 15 is 0 Å². The van der Waals surface area contributed by atoms with Crippen molar-refractivity contribution in [2.24, 2.45) is 0 Å². The molecule has 5 heteroatoms. The van der Waals surface area contributed by atoms with Crippen LogP contribution in [-0.4, -0.2) is 41.6 Å². The highest BCUT2D eigenvalue weighted by molar-refractivity contribution is 5.97. The van der Waals surface area contributed by atoms with Crippen molar-refractivity contribution in [2.45, 2.75) is 33.2 Å². The van der Waals surface area contributed by atoms with Gasteiger partial charge in [-0.2, -0.15) is 0 Å². The molecule has 1 aliphatic heterocycles. The molecule has 0 saturated carbocycles. The van der Waals surface area contributed by atoms with E-state index in [1.165, 1.54) is 12.8 Å². The number of carbonyl (C=O) groups is 1. The normalized spacial score (nSPS) is 15.9. The molecule has 0 aromatic carbocycles. The summed E-state index contributed by atoms with van der Waals surface area (Å²) in [4.78, 5) is 14.8. The molecule has 0 radical (unpaired) electrons. The van der Waals surface area contributed by atoms with E-state index in [9.17, 15) is 4.79 Å². The maximum absolute atomic E-state index is 12.4. The number of furan rings is 1. The van der Waals surface area contributed by atoms with Crippen LogP contribution in [0.5, 0.6) is 0 Å². The van der Waals surface area contributed by atoms with E-state index in [4.69, 9.17) is 4.42 Å². The lowest BCUT2D eigenvalue weighted by Crippen LogP contribution is -2.34. The fourth-order valence-electron chi connectivity index (χ4n) is 3.12. The molecule has 5 nitrogen and oxygen atoms in total. The van der Waals surface area contributed by atoms with Crippen LogP contribution in [0.25, 0.3) is 11.1 Å². The molecule has 1 N–H and O–H groups in total. The minimum atomic E-state index is -0.0138. The topological polar surface area (TPSA) is 50.4 Å². The number of hydrogen-bond donors (Lipinski definition) is 1. The van der Waals surface area contributed by atoms with Crippen LogP contribution in [0.1, 0.15) is 36.0 Å². The largest absolute Gasteiger partial charge is 0.460 e. The Morgan fingerprint density at radius 2 is 2.10 bits per heavy atom. The highest BCUT2D eigenvalue weighted by Gasteiger charge is 2.17. The highest BCUT2D eigenvalue weighted by atomic mass is 16.3. The summed E-state index contributed by atoms with van der Waals surface area (Å²) in [7, 11) is 0. The molecule has 1 fully saturated rings. The number of aryl methyl sites for hydroxylation is 2. The summed E-state index contributed by atoms with van der Waals surface area (Å²) in [5, 5.41) is 3.02. The van der Waals surface area contributed by atoms with Crippen molar-refractivity contribution in [3.8, 4) is 0 Å². The third-order valence-corrected chi connectivity index (χ3v) is 4.17. The second-order valence-electron chi connectivity index (χ2n) is 5.69. The number of nitrogens with one attached hydrogen (secondary N) is 1. The monoisotopic (exact) mass is 289 g/mol. The number of carbonyl (C=O) groups excluding carboxylic acids is 1. The van der Waals surface area contributed by atoms with Crippen molar-refractivity contribution < 1.29 is 9.21 Å². The molecule has 0 aliphatic carbocycles. The molecule has 0 unspecified atom stereocenters. The van der Waals surface area contributed by atoms with E-state index in [1.54, 1.807) is 0 Å². The Balaban J connectivity index is 1.67. The summed E-state index contributed by atoms with van der Waals surface area (Å²) in [6.45, 7) is 8.69. The zero-order valence-electron chi connectivity index (χ0n) is 12.8. The lowest BCUT2D eigenvalue weighted by atomic mass is 10.4. The molecule has 3 heterocycles. The van der Waals surface area contributed by atoms with Gasteiger partial charge in [0.2, 0.25) is 0 Å². The van der Waals surface area contributed by atoms with Crippen LogP contribution in [0.4, 0.5) is 0 Å². The average Bonchev–Trinajstić information content (AvgIpc) is 3.13. The Bertz CT molecular complexity index is 635. The van der Waals surface area contributed by atoms with Crippen molar-refractivity contribution in [1.29, 1.82) is 0 Å². The Morgan fingerprint density at radius 1 is 1.33 bits per heavy atom. The predicted molar refractivity (Wildman–Crippen MR) is 82.6 cm³/mol. The molecule has 1 aliphatic rings. The van der Waals surface area contributed by atoms with Gasteiger partial charge in [0.25, 0.3) is 5.91 Å². The van der Waals surface area contributed by atoms with E-state index in [2.05, 4.69) is 10.2 Å². The molecule has 2 aromatic rings. The number of aromatic nitrogens is 1. The molecule has 3 rings (SSSR count). The summed E-state index contributed by atoms with van der Waals surface area (Å²) in [5.41, 5.74) is 2.48. The molecule has 0 spiro atoms. The van der Waals surface area contributed by atoms with Gasteiger partial charge in [0, 0.05) is 31.8 Å². The Kier molecular flexibility index (Phi) is 4.01. The second kappa shape index (κ2) is 5.93. The summed E-state index contributed by atoms with van der Waals surface area (Å²) >= 11 is 0. The summed E-state index contributed by atoms with van der Waals surface area (Å²) in [6.07, 6.45) is 2.56. The summed E-state index contributed by atoms with van der Waals surface area (Å²) in [6, 6.07) is 3.83. The average molecular weight is 289 g/mol. The quantitative estimate of drug-likeness (QED) is 0.919. The smallest absolute Gasteiger partial charge is 0.268 e. The molecule has 114 valence electrons. The zero-order chi connectivity index (χ0) is 14.8. The molecular formula is C16H23N3O2. The van der Waals surface area contributed by atoms with E-state index in [1.807, 2.05) is 30.5 Å². The van der Waals surface area contributed by atoms with Gasteiger partial charge < -0.3 is 19.2 Å². The molecule has 0 bridgehead atoms. The maximum Gasteiger partial charge on any atom is 0.268 e. The summed E-state index contributed by atoms with van der Waals surface area (Å²) in [5.74, 6) is 0.864. The number of likely N-dealkylation sites (tertiary alicyclic amines) is 1. The van der Waals surface area contributed by atoms with Gasteiger partial charge >= 0.3 is 0 Å². The van der Waals surface area contributed by atoms with Crippen LogP contribution in [0.2, 0.25) is 0 Å². The van der Waals surface area contributed by atoms with E-state index in [0.29, 0.717) is 12.2 Å². The van der Waals surface area contributed by atoms with Gasteiger partial charge in [-0.25, -0.2) is 0 Å². The fraction of sp³-hybridized carbons (Fsp3) is 0.562. The number of amides is 1. The van der Waals surface area contributed by atoms with Crippen molar-refractivity contribution in [3.05, 3.63) is 23.6 Å². The van der Waals surface area contributed by atoms with Crippen LogP contribution in [0, 0.1) is 6.92 Å². The van der Waals surface area contributed by atoms with E-state index in [0.717, 1.165) is 43.0 Å². The minimum Gasteiger partial charge on any atom is -0.460 e. The van der Waals surface area contributed by atoms with Crippen LogP contribution in [0.3, 0.4) is 0 Å². The van der Waals surface area contributed by atoms with Crippen molar-refractivity contribution in [3.63, 3.8) is 0 Å². The minimum absolute atomic E-state index is 0.0138. The fourth-order valence-corrected chi connectivity index (χ4v) is 3.12. The third-order valence-electron chi connectivity index (χ3n) is 4.17. The Morgan fingerprint density at radius 3 is 2.81 bits per heavy atom. The SMILES string of the molecule is CCn1c(C(=O)NCCN2CCCC2)cc2oc(C)cc21. The first-order valence-corrected chi connectivity index (χ1v) is 7.79. The first kappa shape index (κ1) is 14.2. The first-order chi connectivity index (χ1) is 10.2. The summed E-state index contributed by atoms with van der Waals surface area (Å²) < 4.78 is 7.63. The van der Waals surface area contributed by atoms with Crippen molar-refractivity contribution >= 4 is 17.0 Å². The van der Waals surface area contributed by atoms with Crippen LogP contribution < -0.4 is 5.32 Å². The van der Waals surface area contributed by atoms with Gasteiger partial charge in [-0.1, -0.05) is 0 Å². The molecule has 21 heavy (non-hydrogen) atoms. The molecule has 1 amide bonds. The number of rotatable bonds is 5. The van der Waals surface area contributed by atoms with Crippen LogP contribution in [-0.2, 0) is 6.54 Å². The van der Waals surface area contributed by atoms with E-state index < -0.39 is 0 Å². The number of nitrogens with zero attached hydrogens (tertiary/aromatic N) is 2. The maximum atomic E-state index is 12.4. The standard InChI is InChI=1S/C16H23N3O2/c1-3-19-13-10-12(2)21-15(13)11-14(19)16(20)17-6-9-18-7-4-5-8-18/h10-11H,3-9H2,1-2H3,(H,17,20). The lowest BCUT2D eigenvalue weighted by molar-refractivity contribution is 0.0941. The van der Waals surface area contributed by atoms with E-state index in [-0.39, 0.29) is 5.91 Å². The van der Waals surface area contributed by atoms with Crippen molar-refractivity contribution in [2.75, 3.05) is 26.2 Å². The van der Waals surface area contributed by atoms with Gasteiger partial charge in [-0.3, -0.25) is 4.79 Å². The Labute approximate surface area is 124 Å². The van der Waals surface area contributed by atoms with Gasteiger partial charge in [0.15, 0.2) is 5.58 Å². The van der Waals surface area contributed by atoms with Gasteiger partial charge in [0.05, 0.1) is 5.52 Å². The molecule has 2 aromatic heterocycles. The van der Waals surface area contributed by atoms with Crippen molar-refractivity contribution in [1.82, 2.24) is 14.8 Å². The molecular weight excluding hydrogens is 266 g/mol.